The fourth-order valence-electron chi connectivity index (χ4n) is 1.86. The summed E-state index contributed by atoms with van der Waals surface area (Å²) in [5.74, 6) is 0.385. The highest BCUT2D eigenvalue weighted by molar-refractivity contribution is 7.09. The molecule has 0 aliphatic carbocycles. The predicted octanol–water partition coefficient (Wildman–Crippen LogP) is 1.68. The van der Waals surface area contributed by atoms with Crippen LogP contribution in [0.1, 0.15) is 23.3 Å². The van der Waals surface area contributed by atoms with Crippen LogP contribution in [0.5, 0.6) is 0 Å². The Morgan fingerprint density at radius 2 is 2.35 bits per heavy atom. The molecule has 0 aliphatic heterocycles. The van der Waals surface area contributed by atoms with E-state index in [1.54, 1.807) is 17.0 Å². The van der Waals surface area contributed by atoms with Crippen LogP contribution in [-0.4, -0.2) is 24.8 Å². The first kappa shape index (κ1) is 14.4. The summed E-state index contributed by atoms with van der Waals surface area (Å²) in [6.45, 7) is 4.27. The molecular formula is C11H15N5O3S. The largest absolute Gasteiger partial charge is 0.390 e. The van der Waals surface area contributed by atoms with Crippen LogP contribution in [0.15, 0.2) is 5.38 Å². The van der Waals surface area contributed by atoms with Gasteiger partial charge in [-0.2, -0.15) is 5.10 Å². The zero-order valence-corrected chi connectivity index (χ0v) is 12.0. The molecule has 2 aromatic heterocycles. The summed E-state index contributed by atoms with van der Waals surface area (Å²) in [6.07, 6.45) is 0. The number of hydrogen-bond acceptors (Lipinski definition) is 7. The minimum Gasteiger partial charge on any atom is -0.390 e. The van der Waals surface area contributed by atoms with E-state index in [9.17, 15) is 10.1 Å². The summed E-state index contributed by atoms with van der Waals surface area (Å²) in [4.78, 5) is 14.9. The molecule has 0 saturated carbocycles. The van der Waals surface area contributed by atoms with Crippen molar-refractivity contribution < 1.29 is 10.0 Å². The van der Waals surface area contributed by atoms with Gasteiger partial charge in [-0.3, -0.25) is 10.1 Å². The van der Waals surface area contributed by atoms with Gasteiger partial charge >= 0.3 is 5.69 Å². The molecule has 0 radical (unpaired) electrons. The van der Waals surface area contributed by atoms with Gasteiger partial charge in [-0.25, -0.2) is 9.67 Å². The van der Waals surface area contributed by atoms with Crippen LogP contribution in [0.25, 0.3) is 0 Å². The Hall–Kier alpha value is -2.00. The molecule has 0 atom stereocenters. The first-order valence-electron chi connectivity index (χ1n) is 6.06. The molecule has 0 saturated heterocycles. The summed E-state index contributed by atoms with van der Waals surface area (Å²) in [5, 5.41) is 29.7. The summed E-state index contributed by atoms with van der Waals surface area (Å²) < 4.78 is 1.56. The molecule has 0 aromatic carbocycles. The molecule has 0 spiro atoms. The van der Waals surface area contributed by atoms with Crippen molar-refractivity contribution in [3.8, 4) is 0 Å². The van der Waals surface area contributed by atoms with E-state index in [0.29, 0.717) is 30.3 Å². The van der Waals surface area contributed by atoms with Gasteiger partial charge in [-0.1, -0.05) is 0 Å². The third-order valence-corrected chi connectivity index (χ3v) is 3.64. The number of nitrogens with one attached hydrogen (secondary N) is 1. The van der Waals surface area contributed by atoms with Gasteiger partial charge in [-0.15, -0.1) is 11.3 Å². The summed E-state index contributed by atoms with van der Waals surface area (Å²) >= 11 is 1.39. The molecule has 20 heavy (non-hydrogen) atoms. The summed E-state index contributed by atoms with van der Waals surface area (Å²) in [5.41, 5.74) is 0.974. The highest BCUT2D eigenvalue weighted by atomic mass is 32.1. The number of nitro groups is 1. The molecule has 0 fully saturated rings. The van der Waals surface area contributed by atoms with E-state index in [-0.39, 0.29) is 12.3 Å². The highest BCUT2D eigenvalue weighted by Gasteiger charge is 2.24. The molecule has 9 heteroatoms. The van der Waals surface area contributed by atoms with Crippen LogP contribution >= 0.6 is 11.3 Å². The van der Waals surface area contributed by atoms with Gasteiger partial charge in [0.25, 0.3) is 0 Å². The zero-order chi connectivity index (χ0) is 14.7. The Kier molecular flexibility index (Phi) is 4.30. The quantitative estimate of drug-likeness (QED) is 0.620. The number of aliphatic hydroxyl groups is 1. The lowest BCUT2D eigenvalue weighted by Crippen LogP contribution is -2.08. The average molecular weight is 297 g/mol. The topological polar surface area (TPSA) is 106 Å². The minimum absolute atomic E-state index is 0.00853. The van der Waals surface area contributed by atoms with Crippen molar-refractivity contribution in [2.45, 2.75) is 33.5 Å². The first-order chi connectivity index (χ1) is 9.56. The molecule has 0 unspecified atom stereocenters. The van der Waals surface area contributed by atoms with Crippen LogP contribution in [-0.2, 0) is 19.7 Å². The van der Waals surface area contributed by atoms with Crippen LogP contribution in [0.4, 0.5) is 11.5 Å². The Morgan fingerprint density at radius 1 is 1.60 bits per heavy atom. The van der Waals surface area contributed by atoms with E-state index < -0.39 is 4.92 Å². The van der Waals surface area contributed by atoms with E-state index in [1.807, 2.05) is 6.92 Å². The number of anilines is 1. The fraction of sp³-hybridized carbons (Fsp3) is 0.455. The van der Waals surface area contributed by atoms with Crippen molar-refractivity contribution in [1.29, 1.82) is 0 Å². The van der Waals surface area contributed by atoms with Gasteiger partial charge in [0.2, 0.25) is 5.82 Å². The van der Waals surface area contributed by atoms with E-state index in [4.69, 9.17) is 5.11 Å². The monoisotopic (exact) mass is 297 g/mol. The second-order valence-corrected chi connectivity index (χ2v) is 5.04. The lowest BCUT2D eigenvalue weighted by Gasteiger charge is -2.05. The Bertz CT molecular complexity index is 622. The van der Waals surface area contributed by atoms with Crippen LogP contribution in [0, 0.1) is 17.0 Å². The normalized spacial score (nSPS) is 10.8. The molecule has 2 aromatic rings. The van der Waals surface area contributed by atoms with Crippen molar-refractivity contribution in [2.75, 3.05) is 5.32 Å². The molecule has 0 amide bonds. The highest BCUT2D eigenvalue weighted by Crippen LogP contribution is 2.28. The number of aromatic nitrogens is 3. The first-order valence-corrected chi connectivity index (χ1v) is 6.94. The maximum Gasteiger partial charge on any atom is 0.333 e. The van der Waals surface area contributed by atoms with Crippen LogP contribution < -0.4 is 5.32 Å². The smallest absolute Gasteiger partial charge is 0.333 e. The van der Waals surface area contributed by atoms with Gasteiger partial charge in [0.05, 0.1) is 23.8 Å². The number of aryl methyl sites for hydroxylation is 2. The maximum atomic E-state index is 11.1. The Labute approximate surface area is 119 Å². The number of nitrogens with zero attached hydrogens (tertiary/aromatic N) is 4. The van der Waals surface area contributed by atoms with Crippen molar-refractivity contribution in [3.63, 3.8) is 0 Å². The third kappa shape index (κ3) is 2.78. The molecule has 108 valence electrons. The van der Waals surface area contributed by atoms with Crippen LogP contribution in [0.3, 0.4) is 0 Å². The van der Waals surface area contributed by atoms with Gasteiger partial charge in [0, 0.05) is 11.9 Å². The van der Waals surface area contributed by atoms with Crippen LogP contribution in [0.2, 0.25) is 0 Å². The van der Waals surface area contributed by atoms with E-state index in [2.05, 4.69) is 15.4 Å². The molecular weight excluding hydrogens is 282 g/mol. The van der Waals surface area contributed by atoms with E-state index in [0.717, 1.165) is 5.01 Å². The fourth-order valence-corrected chi connectivity index (χ4v) is 2.58. The number of aliphatic hydroxyl groups excluding tert-OH is 1. The lowest BCUT2D eigenvalue weighted by atomic mass is 10.4. The third-order valence-electron chi connectivity index (χ3n) is 2.75. The number of thiazole rings is 1. The molecule has 2 rings (SSSR count). The van der Waals surface area contributed by atoms with Crippen molar-refractivity contribution >= 4 is 22.8 Å². The van der Waals surface area contributed by atoms with Crippen molar-refractivity contribution in [3.05, 3.63) is 31.9 Å². The Morgan fingerprint density at radius 3 is 2.90 bits per heavy atom. The molecule has 0 bridgehead atoms. The number of hydrogen-bond donors (Lipinski definition) is 2. The Balaban J connectivity index is 2.21. The minimum atomic E-state index is -0.433. The molecule has 0 aliphatic rings. The lowest BCUT2D eigenvalue weighted by molar-refractivity contribution is -0.384. The van der Waals surface area contributed by atoms with Crippen molar-refractivity contribution in [2.24, 2.45) is 0 Å². The molecule has 2 heterocycles. The second-order valence-electron chi connectivity index (χ2n) is 4.10. The molecule has 2 N–H and O–H groups in total. The van der Waals surface area contributed by atoms with Gasteiger partial charge in [0.15, 0.2) is 0 Å². The number of rotatable bonds is 6. The second kappa shape index (κ2) is 5.97. The molecule has 8 nitrogen and oxygen atoms in total. The summed E-state index contributed by atoms with van der Waals surface area (Å²) in [6, 6.07) is 0. The zero-order valence-electron chi connectivity index (χ0n) is 11.2. The maximum absolute atomic E-state index is 11.1. The summed E-state index contributed by atoms with van der Waals surface area (Å²) in [7, 11) is 0. The SMILES string of the molecule is CCn1nc(C)c([N+](=O)[O-])c1NCc1nc(CO)cs1. The van der Waals surface area contributed by atoms with E-state index >= 15 is 0 Å². The standard InChI is InChI=1S/C11H15N5O3S/c1-3-15-11(10(16(18)19)7(2)14-15)12-4-9-13-8(5-17)6-20-9/h6,12,17H,3-5H2,1-2H3. The average Bonchev–Trinajstić information content (AvgIpc) is 2.99. The van der Waals surface area contributed by atoms with Gasteiger partial charge in [0.1, 0.15) is 10.7 Å². The predicted molar refractivity (Wildman–Crippen MR) is 74.7 cm³/mol. The van der Waals surface area contributed by atoms with Gasteiger partial charge in [-0.05, 0) is 13.8 Å². The van der Waals surface area contributed by atoms with Gasteiger partial charge < -0.3 is 10.4 Å². The van der Waals surface area contributed by atoms with Crippen molar-refractivity contribution in [1.82, 2.24) is 14.8 Å². The van der Waals surface area contributed by atoms with E-state index in [1.165, 1.54) is 11.3 Å².